The summed E-state index contributed by atoms with van der Waals surface area (Å²) < 4.78 is 9.94. The van der Waals surface area contributed by atoms with E-state index in [1.807, 2.05) is 13.8 Å². The van der Waals surface area contributed by atoms with Crippen LogP contribution in [0.3, 0.4) is 0 Å². The molecular formula is C16H27NO6. The molecule has 0 radical (unpaired) electrons. The number of carbonyl (C=O) groups is 2. The van der Waals surface area contributed by atoms with Gasteiger partial charge in [-0.3, -0.25) is 0 Å². The first-order chi connectivity index (χ1) is 11.1. The number of carbonyl (C=O) groups excluding carboxylic acids is 2. The van der Waals surface area contributed by atoms with Crippen molar-refractivity contribution in [2.75, 3.05) is 39.5 Å². The number of rotatable bonds is 12. The lowest BCUT2D eigenvalue weighted by Gasteiger charge is -2.17. The summed E-state index contributed by atoms with van der Waals surface area (Å²) in [6, 6.07) is 0. The maximum Gasteiger partial charge on any atom is 0.345 e. The van der Waals surface area contributed by atoms with Crippen LogP contribution in [0, 0.1) is 0 Å². The van der Waals surface area contributed by atoms with Gasteiger partial charge >= 0.3 is 11.9 Å². The van der Waals surface area contributed by atoms with Crippen molar-refractivity contribution in [3.05, 3.63) is 23.9 Å². The highest BCUT2D eigenvalue weighted by molar-refractivity contribution is 6.14. The van der Waals surface area contributed by atoms with Crippen molar-refractivity contribution >= 4 is 11.9 Å². The Hall–Kier alpha value is -1.86. The summed E-state index contributed by atoms with van der Waals surface area (Å²) in [4.78, 5) is 25.5. The van der Waals surface area contributed by atoms with Crippen LogP contribution in [0.15, 0.2) is 23.9 Å². The van der Waals surface area contributed by atoms with Gasteiger partial charge in [0.1, 0.15) is 5.57 Å². The first kappa shape index (κ1) is 21.1. The molecule has 7 heteroatoms. The van der Waals surface area contributed by atoms with Gasteiger partial charge < -0.3 is 24.6 Å². The first-order valence-electron chi connectivity index (χ1n) is 7.79. The van der Waals surface area contributed by atoms with Crippen LogP contribution in [-0.2, 0) is 19.1 Å². The minimum absolute atomic E-state index is 0.0714. The van der Waals surface area contributed by atoms with E-state index in [2.05, 4.69) is 0 Å². The van der Waals surface area contributed by atoms with Crippen LogP contribution >= 0.6 is 0 Å². The second-order valence-electron chi connectivity index (χ2n) is 4.68. The monoisotopic (exact) mass is 329 g/mol. The van der Waals surface area contributed by atoms with Crippen LogP contribution in [0.25, 0.3) is 0 Å². The Balaban J connectivity index is 5.00. The van der Waals surface area contributed by atoms with Gasteiger partial charge in [-0.2, -0.15) is 0 Å². The van der Waals surface area contributed by atoms with Crippen molar-refractivity contribution in [1.29, 1.82) is 0 Å². The molecule has 0 aliphatic carbocycles. The van der Waals surface area contributed by atoms with Gasteiger partial charge in [0.25, 0.3) is 0 Å². The van der Waals surface area contributed by atoms with E-state index in [4.69, 9.17) is 19.7 Å². The number of aliphatic hydroxyl groups excluding tert-OH is 2. The molecule has 0 unspecified atom stereocenters. The lowest BCUT2D eigenvalue weighted by Crippen LogP contribution is -2.24. The minimum Gasteiger partial charge on any atom is -0.462 e. The Morgan fingerprint density at radius 2 is 1.43 bits per heavy atom. The zero-order valence-corrected chi connectivity index (χ0v) is 13.9. The first-order valence-corrected chi connectivity index (χ1v) is 7.79. The van der Waals surface area contributed by atoms with E-state index in [9.17, 15) is 9.59 Å². The standard InChI is InChI=1S/C16H27NO6/c1-3-12-22-15(20)14(16(21)23-13-4-2)6-5-7-17(8-10-18)9-11-19/h5-7,18-19H,3-4,8-13H2,1-2H3/b7-5+. The van der Waals surface area contributed by atoms with Gasteiger partial charge in [-0.25, -0.2) is 9.59 Å². The summed E-state index contributed by atoms with van der Waals surface area (Å²) in [5.41, 5.74) is -0.184. The van der Waals surface area contributed by atoms with Crippen LogP contribution < -0.4 is 0 Å². The van der Waals surface area contributed by atoms with E-state index in [0.29, 0.717) is 25.9 Å². The number of aliphatic hydroxyl groups is 2. The Bertz CT molecular complexity index is 377. The fourth-order valence-corrected chi connectivity index (χ4v) is 1.54. The van der Waals surface area contributed by atoms with E-state index in [1.54, 1.807) is 11.1 Å². The molecule has 7 nitrogen and oxygen atoms in total. The number of ether oxygens (including phenoxy) is 2. The largest absolute Gasteiger partial charge is 0.462 e. The predicted molar refractivity (Wildman–Crippen MR) is 85.5 cm³/mol. The summed E-state index contributed by atoms with van der Waals surface area (Å²) in [5.74, 6) is -1.46. The van der Waals surface area contributed by atoms with Crippen molar-refractivity contribution < 1.29 is 29.3 Å². The molecule has 0 aliphatic heterocycles. The molecule has 0 fully saturated rings. The van der Waals surface area contributed by atoms with Crippen molar-refractivity contribution in [2.24, 2.45) is 0 Å². The molecule has 0 heterocycles. The minimum atomic E-state index is -0.728. The van der Waals surface area contributed by atoms with Crippen molar-refractivity contribution in [3.63, 3.8) is 0 Å². The van der Waals surface area contributed by atoms with E-state index in [0.717, 1.165) is 0 Å². The topological polar surface area (TPSA) is 96.3 Å². The number of allylic oxidation sites excluding steroid dienone is 2. The summed E-state index contributed by atoms with van der Waals surface area (Å²) in [6.07, 6.45) is 5.69. The lowest BCUT2D eigenvalue weighted by atomic mass is 10.2. The number of hydrogen-bond acceptors (Lipinski definition) is 7. The van der Waals surface area contributed by atoms with Crippen molar-refractivity contribution in [3.8, 4) is 0 Å². The van der Waals surface area contributed by atoms with Gasteiger partial charge in [0.15, 0.2) is 0 Å². The molecule has 0 saturated carbocycles. The predicted octanol–water partition coefficient (Wildman–Crippen LogP) is 0.619. The van der Waals surface area contributed by atoms with Crippen LogP contribution in [0.2, 0.25) is 0 Å². The van der Waals surface area contributed by atoms with Crippen LogP contribution in [-0.4, -0.2) is 66.6 Å². The summed E-state index contributed by atoms with van der Waals surface area (Å²) >= 11 is 0. The van der Waals surface area contributed by atoms with Gasteiger partial charge in [0.2, 0.25) is 0 Å². The highest BCUT2D eigenvalue weighted by atomic mass is 16.6. The molecule has 0 aliphatic rings. The van der Waals surface area contributed by atoms with Crippen LogP contribution in [0.1, 0.15) is 26.7 Å². The SMILES string of the molecule is CCCOC(=O)C(=C/C=C/N(CCO)CCO)C(=O)OCCC. The molecular weight excluding hydrogens is 302 g/mol. The maximum absolute atomic E-state index is 11.9. The van der Waals surface area contributed by atoms with Gasteiger partial charge in [-0.05, 0) is 31.2 Å². The average Bonchev–Trinajstić information content (AvgIpc) is 2.54. The Kier molecular flexibility index (Phi) is 12.7. The van der Waals surface area contributed by atoms with Gasteiger partial charge in [-0.1, -0.05) is 13.8 Å². The second-order valence-corrected chi connectivity index (χ2v) is 4.68. The molecule has 0 bridgehead atoms. The number of nitrogens with zero attached hydrogens (tertiary/aromatic N) is 1. The molecule has 2 N–H and O–H groups in total. The highest BCUT2D eigenvalue weighted by Crippen LogP contribution is 2.04. The molecule has 0 aromatic carbocycles. The molecule has 0 atom stereocenters. The molecule has 0 amide bonds. The molecule has 0 aromatic heterocycles. The Labute approximate surface area is 137 Å². The van der Waals surface area contributed by atoms with Crippen molar-refractivity contribution in [1.82, 2.24) is 4.90 Å². The number of hydrogen-bond donors (Lipinski definition) is 2. The summed E-state index contributed by atoms with van der Waals surface area (Å²) in [5, 5.41) is 17.8. The average molecular weight is 329 g/mol. The Morgan fingerprint density at radius 3 is 1.83 bits per heavy atom. The number of esters is 2. The van der Waals surface area contributed by atoms with E-state index in [1.165, 1.54) is 12.2 Å². The zero-order chi connectivity index (χ0) is 17.5. The molecule has 132 valence electrons. The summed E-state index contributed by atoms with van der Waals surface area (Å²) in [6.45, 7) is 4.68. The van der Waals surface area contributed by atoms with E-state index < -0.39 is 11.9 Å². The van der Waals surface area contributed by atoms with Crippen LogP contribution in [0.4, 0.5) is 0 Å². The van der Waals surface area contributed by atoms with Gasteiger partial charge in [-0.15, -0.1) is 0 Å². The second kappa shape index (κ2) is 13.8. The van der Waals surface area contributed by atoms with Gasteiger partial charge in [0, 0.05) is 13.1 Å². The molecule has 0 spiro atoms. The summed E-state index contributed by atoms with van der Waals surface area (Å²) in [7, 11) is 0. The van der Waals surface area contributed by atoms with Gasteiger partial charge in [0.05, 0.1) is 26.4 Å². The molecule has 23 heavy (non-hydrogen) atoms. The van der Waals surface area contributed by atoms with Crippen molar-refractivity contribution in [2.45, 2.75) is 26.7 Å². The fourth-order valence-electron chi connectivity index (χ4n) is 1.54. The lowest BCUT2D eigenvalue weighted by molar-refractivity contribution is -0.147. The third-order valence-electron chi connectivity index (χ3n) is 2.65. The quantitative estimate of drug-likeness (QED) is 0.178. The zero-order valence-electron chi connectivity index (χ0n) is 13.9. The van der Waals surface area contributed by atoms with E-state index in [-0.39, 0.29) is 32.0 Å². The smallest absolute Gasteiger partial charge is 0.345 e. The fraction of sp³-hybridized carbons (Fsp3) is 0.625. The highest BCUT2D eigenvalue weighted by Gasteiger charge is 2.20. The molecule has 0 aromatic rings. The third-order valence-corrected chi connectivity index (χ3v) is 2.65. The van der Waals surface area contributed by atoms with E-state index >= 15 is 0 Å². The third kappa shape index (κ3) is 9.70. The molecule has 0 saturated heterocycles. The maximum atomic E-state index is 11.9. The molecule has 0 rings (SSSR count). The van der Waals surface area contributed by atoms with Crippen LogP contribution in [0.5, 0.6) is 0 Å². The Morgan fingerprint density at radius 1 is 0.957 bits per heavy atom. The normalized spacial score (nSPS) is 10.4.